The molecule has 1 aromatic rings. The lowest BCUT2D eigenvalue weighted by atomic mass is 10.1. The van der Waals surface area contributed by atoms with Gasteiger partial charge in [0.2, 0.25) is 0 Å². The van der Waals surface area contributed by atoms with Gasteiger partial charge in [-0.25, -0.2) is 0 Å². The predicted octanol–water partition coefficient (Wildman–Crippen LogP) is 3.03. The Labute approximate surface area is 111 Å². The van der Waals surface area contributed by atoms with Crippen molar-refractivity contribution in [3.05, 3.63) is 35.4 Å². The molecule has 0 aliphatic heterocycles. The van der Waals surface area contributed by atoms with Gasteiger partial charge in [0.15, 0.2) is 0 Å². The lowest BCUT2D eigenvalue weighted by Crippen LogP contribution is -2.20. The molecule has 1 aliphatic rings. The van der Waals surface area contributed by atoms with Crippen molar-refractivity contribution in [2.75, 3.05) is 20.1 Å². The summed E-state index contributed by atoms with van der Waals surface area (Å²) in [5.41, 5.74) is 2.84. The number of hydrogen-bond acceptors (Lipinski definition) is 2. The van der Waals surface area contributed by atoms with Crippen LogP contribution >= 0.6 is 0 Å². The first-order chi connectivity index (χ1) is 8.78. The highest BCUT2D eigenvalue weighted by Gasteiger charge is 2.22. The minimum absolute atomic E-state index is 0.976. The molecule has 1 aromatic carbocycles. The van der Waals surface area contributed by atoms with Crippen LogP contribution in [0.25, 0.3) is 0 Å². The third-order valence-corrected chi connectivity index (χ3v) is 3.47. The molecule has 0 saturated heterocycles. The minimum Gasteiger partial charge on any atom is -0.313 e. The van der Waals surface area contributed by atoms with Crippen molar-refractivity contribution in [3.63, 3.8) is 0 Å². The minimum atomic E-state index is 0.976. The van der Waals surface area contributed by atoms with Crippen LogP contribution in [-0.2, 0) is 13.1 Å². The Bertz CT molecular complexity index is 358. The Morgan fingerprint density at radius 3 is 2.78 bits per heavy atom. The zero-order valence-corrected chi connectivity index (χ0v) is 11.8. The molecule has 1 N–H and O–H groups in total. The van der Waals surface area contributed by atoms with E-state index in [1.165, 1.54) is 36.9 Å². The lowest BCUT2D eigenvalue weighted by Gasteiger charge is -2.16. The highest BCUT2D eigenvalue weighted by atomic mass is 15.1. The molecular weight excluding hydrogens is 220 g/mol. The quantitative estimate of drug-likeness (QED) is 0.709. The van der Waals surface area contributed by atoms with Gasteiger partial charge in [0.05, 0.1) is 0 Å². The maximum Gasteiger partial charge on any atom is 0.0230 e. The topological polar surface area (TPSA) is 15.3 Å². The van der Waals surface area contributed by atoms with Gasteiger partial charge in [-0.3, -0.25) is 0 Å². The summed E-state index contributed by atoms with van der Waals surface area (Å²) in [7, 11) is 2.24. The molecule has 1 saturated carbocycles. The van der Waals surface area contributed by atoms with Gasteiger partial charge in [-0.05, 0) is 49.9 Å². The second-order valence-electron chi connectivity index (χ2n) is 5.64. The average Bonchev–Trinajstić information content (AvgIpc) is 3.13. The molecule has 100 valence electrons. The third-order valence-electron chi connectivity index (χ3n) is 3.47. The molecule has 0 unspecified atom stereocenters. The number of nitrogens with one attached hydrogen (secondary N) is 1. The standard InChI is InChI=1S/C16H26N2/c1-3-9-17-11-15-5-4-6-16(10-15)13-18(2)12-14-7-8-14/h4-6,10,14,17H,3,7-9,11-13H2,1-2H3. The highest BCUT2D eigenvalue weighted by molar-refractivity contribution is 5.23. The maximum atomic E-state index is 3.46. The van der Waals surface area contributed by atoms with Crippen LogP contribution in [0.4, 0.5) is 0 Å². The normalized spacial score (nSPS) is 15.3. The lowest BCUT2D eigenvalue weighted by molar-refractivity contribution is 0.313. The van der Waals surface area contributed by atoms with Gasteiger partial charge in [0, 0.05) is 19.6 Å². The fourth-order valence-corrected chi connectivity index (χ4v) is 2.36. The van der Waals surface area contributed by atoms with Gasteiger partial charge in [0.1, 0.15) is 0 Å². The molecule has 1 fully saturated rings. The largest absolute Gasteiger partial charge is 0.313 e. The molecule has 0 aromatic heterocycles. The summed E-state index contributed by atoms with van der Waals surface area (Å²) in [4.78, 5) is 2.45. The number of nitrogens with zero attached hydrogens (tertiary/aromatic N) is 1. The van der Waals surface area contributed by atoms with E-state index in [2.05, 4.69) is 48.5 Å². The van der Waals surface area contributed by atoms with Crippen LogP contribution in [0.5, 0.6) is 0 Å². The van der Waals surface area contributed by atoms with E-state index in [4.69, 9.17) is 0 Å². The van der Waals surface area contributed by atoms with E-state index in [1.54, 1.807) is 0 Å². The van der Waals surface area contributed by atoms with Crippen molar-refractivity contribution < 1.29 is 0 Å². The molecule has 0 radical (unpaired) electrons. The molecule has 18 heavy (non-hydrogen) atoms. The van der Waals surface area contributed by atoms with Crippen molar-refractivity contribution in [1.82, 2.24) is 10.2 Å². The SMILES string of the molecule is CCCNCc1cccc(CN(C)CC2CC2)c1. The van der Waals surface area contributed by atoms with E-state index in [1.807, 2.05) is 0 Å². The van der Waals surface area contributed by atoms with Crippen LogP contribution in [-0.4, -0.2) is 25.0 Å². The van der Waals surface area contributed by atoms with Crippen LogP contribution in [0.3, 0.4) is 0 Å². The van der Waals surface area contributed by atoms with E-state index in [-0.39, 0.29) is 0 Å². The van der Waals surface area contributed by atoms with Gasteiger partial charge in [0.25, 0.3) is 0 Å². The molecule has 1 aliphatic carbocycles. The summed E-state index contributed by atoms with van der Waals surface area (Å²) in [6, 6.07) is 8.98. The van der Waals surface area contributed by atoms with Crippen LogP contribution in [0.2, 0.25) is 0 Å². The summed E-state index contributed by atoms with van der Waals surface area (Å²) < 4.78 is 0. The molecule has 0 bridgehead atoms. The monoisotopic (exact) mass is 246 g/mol. The smallest absolute Gasteiger partial charge is 0.0230 e. The first-order valence-electron chi connectivity index (χ1n) is 7.25. The van der Waals surface area contributed by atoms with Gasteiger partial charge >= 0.3 is 0 Å². The summed E-state index contributed by atoms with van der Waals surface area (Å²) in [5, 5.41) is 3.46. The van der Waals surface area contributed by atoms with Crippen LogP contribution < -0.4 is 5.32 Å². The second-order valence-corrected chi connectivity index (χ2v) is 5.64. The van der Waals surface area contributed by atoms with E-state index >= 15 is 0 Å². The summed E-state index contributed by atoms with van der Waals surface area (Å²) in [6.07, 6.45) is 4.07. The molecule has 2 rings (SSSR count). The highest BCUT2D eigenvalue weighted by Crippen LogP contribution is 2.29. The number of hydrogen-bond donors (Lipinski definition) is 1. The van der Waals surface area contributed by atoms with Crippen molar-refractivity contribution in [3.8, 4) is 0 Å². The van der Waals surface area contributed by atoms with E-state index in [0.717, 1.165) is 25.6 Å². The first-order valence-corrected chi connectivity index (χ1v) is 7.25. The number of benzene rings is 1. The Balaban J connectivity index is 1.81. The summed E-state index contributed by atoms with van der Waals surface area (Å²) in [5.74, 6) is 0.976. The van der Waals surface area contributed by atoms with Crippen LogP contribution in [0, 0.1) is 5.92 Å². The van der Waals surface area contributed by atoms with E-state index in [9.17, 15) is 0 Å². The molecule has 2 nitrogen and oxygen atoms in total. The Hall–Kier alpha value is -0.860. The molecular formula is C16H26N2. The Morgan fingerprint density at radius 2 is 2.06 bits per heavy atom. The Morgan fingerprint density at radius 1 is 1.28 bits per heavy atom. The van der Waals surface area contributed by atoms with Gasteiger partial charge in [-0.15, -0.1) is 0 Å². The van der Waals surface area contributed by atoms with Gasteiger partial charge < -0.3 is 10.2 Å². The third kappa shape index (κ3) is 4.79. The zero-order chi connectivity index (χ0) is 12.8. The van der Waals surface area contributed by atoms with Gasteiger partial charge in [-0.1, -0.05) is 31.2 Å². The molecule has 0 heterocycles. The number of rotatable bonds is 8. The fraction of sp³-hybridized carbons (Fsp3) is 0.625. The Kier molecular flexibility index (Phi) is 5.21. The summed E-state index contributed by atoms with van der Waals surface area (Å²) in [6.45, 7) is 6.65. The maximum absolute atomic E-state index is 3.46. The predicted molar refractivity (Wildman–Crippen MR) is 77.5 cm³/mol. The molecule has 0 atom stereocenters. The van der Waals surface area contributed by atoms with Crippen molar-refractivity contribution in [2.45, 2.75) is 39.3 Å². The van der Waals surface area contributed by atoms with Crippen molar-refractivity contribution >= 4 is 0 Å². The van der Waals surface area contributed by atoms with E-state index < -0.39 is 0 Å². The summed E-state index contributed by atoms with van der Waals surface area (Å²) >= 11 is 0. The van der Waals surface area contributed by atoms with Crippen molar-refractivity contribution in [2.24, 2.45) is 5.92 Å². The van der Waals surface area contributed by atoms with Crippen LogP contribution in [0.15, 0.2) is 24.3 Å². The zero-order valence-electron chi connectivity index (χ0n) is 11.8. The molecule has 0 spiro atoms. The first kappa shape index (κ1) is 13.6. The van der Waals surface area contributed by atoms with Crippen molar-refractivity contribution in [1.29, 1.82) is 0 Å². The molecule has 0 amide bonds. The fourth-order valence-electron chi connectivity index (χ4n) is 2.36. The van der Waals surface area contributed by atoms with Crippen LogP contribution in [0.1, 0.15) is 37.3 Å². The average molecular weight is 246 g/mol. The molecule has 2 heteroatoms. The second kappa shape index (κ2) is 6.91. The van der Waals surface area contributed by atoms with E-state index in [0.29, 0.717) is 0 Å². The van der Waals surface area contributed by atoms with Gasteiger partial charge in [-0.2, -0.15) is 0 Å².